The number of aliphatic hydroxyl groups is 1. The lowest BCUT2D eigenvalue weighted by molar-refractivity contribution is -0.147. The number of aliphatic carboxylic acids is 2. The van der Waals surface area contributed by atoms with E-state index >= 15 is 0 Å². The van der Waals surface area contributed by atoms with Crippen LogP contribution in [-0.4, -0.2) is 75.8 Å². The van der Waals surface area contributed by atoms with Crippen LogP contribution < -0.4 is 16.4 Å². The number of nitrogens with two attached hydrogens (primary N) is 1. The largest absolute Gasteiger partial charge is 0.481 e. The van der Waals surface area contributed by atoms with Crippen molar-refractivity contribution in [3.63, 3.8) is 0 Å². The fourth-order valence-corrected chi connectivity index (χ4v) is 1.99. The zero-order chi connectivity index (χ0) is 18.0. The van der Waals surface area contributed by atoms with Crippen molar-refractivity contribution in [2.24, 2.45) is 5.73 Å². The van der Waals surface area contributed by atoms with Crippen molar-refractivity contribution >= 4 is 35.5 Å². The highest BCUT2D eigenvalue weighted by Crippen LogP contribution is 2.00. The molecule has 0 aromatic heterocycles. The topological polar surface area (TPSA) is 179 Å². The SMILES string of the molecule is CSCCC(N)C(=O)NC(CO)C(=O)NC(CC(=O)O)C(=O)O. The van der Waals surface area contributed by atoms with Gasteiger partial charge in [-0.1, -0.05) is 0 Å². The minimum absolute atomic E-state index is 0.365. The molecule has 10 nitrogen and oxygen atoms in total. The van der Waals surface area contributed by atoms with E-state index in [0.717, 1.165) is 0 Å². The predicted molar refractivity (Wildman–Crippen MR) is 81.8 cm³/mol. The van der Waals surface area contributed by atoms with Crippen LogP contribution in [0, 0.1) is 0 Å². The molecular weight excluding hydrogens is 330 g/mol. The molecule has 0 aliphatic carbocycles. The molecule has 0 spiro atoms. The second-order valence-electron chi connectivity index (χ2n) is 4.63. The molecule has 0 radical (unpaired) electrons. The molecule has 0 heterocycles. The Hall–Kier alpha value is -1.85. The third kappa shape index (κ3) is 8.38. The maximum absolute atomic E-state index is 11.9. The van der Waals surface area contributed by atoms with Crippen molar-refractivity contribution in [2.75, 3.05) is 18.6 Å². The average Bonchev–Trinajstić information content (AvgIpc) is 2.48. The van der Waals surface area contributed by atoms with E-state index in [1.807, 2.05) is 11.6 Å². The summed E-state index contributed by atoms with van der Waals surface area (Å²) >= 11 is 1.49. The fourth-order valence-electron chi connectivity index (χ4n) is 1.50. The lowest BCUT2D eigenvalue weighted by atomic mass is 10.1. The van der Waals surface area contributed by atoms with Gasteiger partial charge in [-0.25, -0.2) is 4.79 Å². The monoisotopic (exact) mass is 351 g/mol. The maximum atomic E-state index is 11.9. The average molecular weight is 351 g/mol. The zero-order valence-corrected chi connectivity index (χ0v) is 13.3. The van der Waals surface area contributed by atoms with Crippen LogP contribution in [0.2, 0.25) is 0 Å². The molecule has 0 rings (SSSR count). The second-order valence-corrected chi connectivity index (χ2v) is 5.61. The van der Waals surface area contributed by atoms with Gasteiger partial charge in [-0.15, -0.1) is 0 Å². The third-order valence-electron chi connectivity index (χ3n) is 2.78. The Labute approximate surface area is 136 Å². The Bertz CT molecular complexity index is 446. The molecule has 23 heavy (non-hydrogen) atoms. The molecule has 0 bridgehead atoms. The molecule has 0 aliphatic heterocycles. The second kappa shape index (κ2) is 10.8. The number of carboxylic acid groups (broad SMARTS) is 2. The molecule has 0 fully saturated rings. The minimum Gasteiger partial charge on any atom is -0.481 e. The van der Waals surface area contributed by atoms with Crippen LogP contribution in [0.5, 0.6) is 0 Å². The van der Waals surface area contributed by atoms with Crippen molar-refractivity contribution < 1.29 is 34.5 Å². The van der Waals surface area contributed by atoms with E-state index in [4.69, 9.17) is 21.1 Å². The molecule has 11 heteroatoms. The number of carbonyl (C=O) groups excluding carboxylic acids is 2. The lowest BCUT2D eigenvalue weighted by Crippen LogP contribution is -2.56. The number of carbonyl (C=O) groups is 4. The van der Waals surface area contributed by atoms with Gasteiger partial charge in [0.15, 0.2) is 0 Å². The van der Waals surface area contributed by atoms with E-state index in [1.54, 1.807) is 0 Å². The van der Waals surface area contributed by atoms with Crippen LogP contribution in [0.25, 0.3) is 0 Å². The van der Waals surface area contributed by atoms with Gasteiger partial charge >= 0.3 is 11.9 Å². The van der Waals surface area contributed by atoms with Gasteiger partial charge in [0.2, 0.25) is 11.8 Å². The Morgan fingerprint density at radius 1 is 1.09 bits per heavy atom. The number of rotatable bonds is 11. The molecule has 7 N–H and O–H groups in total. The first kappa shape index (κ1) is 21.1. The van der Waals surface area contributed by atoms with Crippen molar-refractivity contribution in [3.8, 4) is 0 Å². The number of amides is 2. The van der Waals surface area contributed by atoms with Crippen molar-refractivity contribution in [1.82, 2.24) is 10.6 Å². The molecule has 0 saturated heterocycles. The third-order valence-corrected chi connectivity index (χ3v) is 3.42. The van der Waals surface area contributed by atoms with Gasteiger partial charge in [0.05, 0.1) is 19.1 Å². The maximum Gasteiger partial charge on any atom is 0.326 e. The molecular formula is C12H21N3O7S. The van der Waals surface area contributed by atoms with Crippen LogP contribution in [0.15, 0.2) is 0 Å². The van der Waals surface area contributed by atoms with E-state index in [1.165, 1.54) is 11.8 Å². The molecule has 0 saturated carbocycles. The first-order chi connectivity index (χ1) is 10.7. The summed E-state index contributed by atoms with van der Waals surface area (Å²) in [5, 5.41) is 30.7. The van der Waals surface area contributed by atoms with Gasteiger partial charge in [0.25, 0.3) is 0 Å². The molecule has 0 aromatic rings. The Morgan fingerprint density at radius 3 is 2.09 bits per heavy atom. The van der Waals surface area contributed by atoms with Gasteiger partial charge in [0.1, 0.15) is 12.1 Å². The number of hydrogen-bond acceptors (Lipinski definition) is 7. The Kier molecular flexibility index (Phi) is 9.94. The summed E-state index contributed by atoms with van der Waals surface area (Å²) in [7, 11) is 0. The highest BCUT2D eigenvalue weighted by molar-refractivity contribution is 7.98. The summed E-state index contributed by atoms with van der Waals surface area (Å²) in [4.78, 5) is 45.1. The zero-order valence-electron chi connectivity index (χ0n) is 12.5. The molecule has 3 unspecified atom stereocenters. The summed E-state index contributed by atoms with van der Waals surface area (Å²) in [5.41, 5.74) is 5.61. The molecule has 132 valence electrons. The predicted octanol–water partition coefficient (Wildman–Crippen LogP) is -2.41. The summed E-state index contributed by atoms with van der Waals surface area (Å²) in [6, 6.07) is -3.96. The summed E-state index contributed by atoms with van der Waals surface area (Å²) in [6.07, 6.45) is 1.37. The lowest BCUT2D eigenvalue weighted by Gasteiger charge is -2.20. The van der Waals surface area contributed by atoms with E-state index in [9.17, 15) is 19.2 Å². The fraction of sp³-hybridized carbons (Fsp3) is 0.667. The number of thioether (sulfide) groups is 1. The normalized spacial score (nSPS) is 14.4. The summed E-state index contributed by atoms with van der Waals surface area (Å²) < 4.78 is 0. The van der Waals surface area contributed by atoms with Gasteiger partial charge in [-0.2, -0.15) is 11.8 Å². The highest BCUT2D eigenvalue weighted by Gasteiger charge is 2.28. The number of nitrogens with one attached hydrogen (secondary N) is 2. The van der Waals surface area contributed by atoms with Crippen molar-refractivity contribution in [2.45, 2.75) is 31.0 Å². The van der Waals surface area contributed by atoms with Crippen molar-refractivity contribution in [1.29, 1.82) is 0 Å². The van der Waals surface area contributed by atoms with E-state index in [0.29, 0.717) is 12.2 Å². The Morgan fingerprint density at radius 2 is 1.65 bits per heavy atom. The van der Waals surface area contributed by atoms with Gasteiger partial charge < -0.3 is 31.7 Å². The first-order valence-corrected chi connectivity index (χ1v) is 8.03. The molecule has 3 atom stereocenters. The van der Waals surface area contributed by atoms with Crippen molar-refractivity contribution in [3.05, 3.63) is 0 Å². The summed E-state index contributed by atoms with van der Waals surface area (Å²) in [5.74, 6) is -4.00. The summed E-state index contributed by atoms with van der Waals surface area (Å²) in [6.45, 7) is -0.785. The van der Waals surface area contributed by atoms with E-state index < -0.39 is 54.9 Å². The quantitative estimate of drug-likeness (QED) is 0.236. The van der Waals surface area contributed by atoms with Gasteiger partial charge in [-0.3, -0.25) is 14.4 Å². The van der Waals surface area contributed by atoms with E-state index in [-0.39, 0.29) is 0 Å². The number of hydrogen-bond donors (Lipinski definition) is 6. The molecule has 0 aliphatic rings. The number of carboxylic acids is 2. The molecule has 0 aromatic carbocycles. The van der Waals surface area contributed by atoms with Gasteiger partial charge in [-0.05, 0) is 18.4 Å². The van der Waals surface area contributed by atoms with E-state index in [2.05, 4.69) is 5.32 Å². The van der Waals surface area contributed by atoms with Crippen LogP contribution in [0.4, 0.5) is 0 Å². The van der Waals surface area contributed by atoms with Gasteiger partial charge in [0, 0.05) is 0 Å². The van der Waals surface area contributed by atoms with Crippen LogP contribution in [-0.2, 0) is 19.2 Å². The minimum atomic E-state index is -1.67. The Balaban J connectivity index is 4.69. The van der Waals surface area contributed by atoms with Crippen LogP contribution in [0.3, 0.4) is 0 Å². The first-order valence-electron chi connectivity index (χ1n) is 6.63. The highest BCUT2D eigenvalue weighted by atomic mass is 32.2. The van der Waals surface area contributed by atoms with Crippen LogP contribution >= 0.6 is 11.8 Å². The van der Waals surface area contributed by atoms with Crippen LogP contribution in [0.1, 0.15) is 12.8 Å². The smallest absolute Gasteiger partial charge is 0.326 e. The standard InChI is InChI=1S/C12H21N3O7S/c1-23-3-2-6(13)10(19)15-8(5-16)11(20)14-7(12(21)22)4-9(17)18/h6-8,16H,2-5,13H2,1H3,(H,14,20)(H,15,19)(H,17,18)(H,21,22). The molecule has 2 amide bonds. The number of aliphatic hydroxyl groups excluding tert-OH is 1.